The Morgan fingerprint density at radius 3 is 3.06 bits per heavy atom. The number of amides is 2. The second kappa shape index (κ2) is 5.88. The fraction of sp³-hybridized carbons (Fsp3) is 0.636. The van der Waals surface area contributed by atoms with Crippen LogP contribution in [-0.4, -0.2) is 46.9 Å². The van der Waals surface area contributed by atoms with Crippen LogP contribution >= 0.6 is 23.5 Å². The number of nitrogens with zero attached hydrogens (tertiary/aromatic N) is 1. The Balaban J connectivity index is 2.14. The van der Waals surface area contributed by atoms with E-state index in [0.29, 0.717) is 18.9 Å². The van der Waals surface area contributed by atoms with Gasteiger partial charge in [-0.05, 0) is 13.8 Å². The Bertz CT molecular complexity index is 398. The molecule has 7 heteroatoms. The summed E-state index contributed by atoms with van der Waals surface area (Å²) < 4.78 is 5.06. The van der Waals surface area contributed by atoms with Gasteiger partial charge in [0.2, 0.25) is 5.91 Å². The van der Waals surface area contributed by atoms with E-state index in [-0.39, 0.29) is 17.4 Å². The number of allylic oxidation sites excluding steroid dienone is 1. The molecule has 0 aliphatic carbocycles. The molecule has 1 saturated heterocycles. The van der Waals surface area contributed by atoms with Gasteiger partial charge in [-0.15, -0.1) is 23.5 Å². The molecular formula is C11H16N2O3S2. The van der Waals surface area contributed by atoms with Crippen molar-refractivity contribution in [1.82, 2.24) is 10.2 Å². The summed E-state index contributed by atoms with van der Waals surface area (Å²) in [5.41, 5.74) is 0.852. The summed E-state index contributed by atoms with van der Waals surface area (Å²) in [6, 6.07) is 0. The average Bonchev–Trinajstić information content (AvgIpc) is 2.78. The molecule has 2 heterocycles. The Morgan fingerprint density at radius 1 is 1.61 bits per heavy atom. The molecule has 0 radical (unpaired) electrons. The van der Waals surface area contributed by atoms with E-state index in [1.807, 2.05) is 6.92 Å². The number of carbonyl (C=O) groups is 2. The SMILES string of the molecule is CCOC(=O)N1CCSC1C1=C(C)NC(=O)CS1. The fourth-order valence-electron chi connectivity index (χ4n) is 1.90. The van der Waals surface area contributed by atoms with Gasteiger partial charge < -0.3 is 10.1 Å². The quantitative estimate of drug-likeness (QED) is 0.836. The highest BCUT2D eigenvalue weighted by molar-refractivity contribution is 8.06. The van der Waals surface area contributed by atoms with Gasteiger partial charge in [-0.3, -0.25) is 9.69 Å². The molecule has 100 valence electrons. The van der Waals surface area contributed by atoms with Gasteiger partial charge in [0.25, 0.3) is 0 Å². The summed E-state index contributed by atoms with van der Waals surface area (Å²) in [5.74, 6) is 1.33. The highest BCUT2D eigenvalue weighted by Crippen LogP contribution is 2.38. The van der Waals surface area contributed by atoms with Crippen LogP contribution in [0.1, 0.15) is 13.8 Å². The van der Waals surface area contributed by atoms with E-state index >= 15 is 0 Å². The smallest absolute Gasteiger partial charge is 0.410 e. The van der Waals surface area contributed by atoms with E-state index in [9.17, 15) is 9.59 Å². The van der Waals surface area contributed by atoms with Crippen molar-refractivity contribution in [1.29, 1.82) is 0 Å². The number of hydrogen-bond donors (Lipinski definition) is 1. The first-order chi connectivity index (χ1) is 8.63. The number of ether oxygens (including phenoxy) is 1. The largest absolute Gasteiger partial charge is 0.450 e. The lowest BCUT2D eigenvalue weighted by atomic mass is 10.3. The average molecular weight is 288 g/mol. The van der Waals surface area contributed by atoms with Crippen LogP contribution < -0.4 is 5.32 Å². The molecule has 2 amide bonds. The van der Waals surface area contributed by atoms with Crippen molar-refractivity contribution in [3.8, 4) is 0 Å². The van der Waals surface area contributed by atoms with Crippen LogP contribution in [0.2, 0.25) is 0 Å². The van der Waals surface area contributed by atoms with Gasteiger partial charge in [0.05, 0.1) is 12.4 Å². The van der Waals surface area contributed by atoms with Crippen molar-refractivity contribution in [3.63, 3.8) is 0 Å². The van der Waals surface area contributed by atoms with Crippen LogP contribution in [0.3, 0.4) is 0 Å². The third kappa shape index (κ3) is 2.77. The number of rotatable bonds is 2. The van der Waals surface area contributed by atoms with E-state index in [2.05, 4.69) is 5.32 Å². The number of hydrogen-bond acceptors (Lipinski definition) is 5. The summed E-state index contributed by atoms with van der Waals surface area (Å²) in [6.07, 6.45) is -0.273. The summed E-state index contributed by atoms with van der Waals surface area (Å²) in [4.78, 5) is 25.9. The predicted molar refractivity (Wildman–Crippen MR) is 73.3 cm³/mol. The molecule has 5 nitrogen and oxygen atoms in total. The minimum Gasteiger partial charge on any atom is -0.450 e. The molecule has 0 saturated carbocycles. The van der Waals surface area contributed by atoms with Gasteiger partial charge in [-0.2, -0.15) is 0 Å². The third-order valence-electron chi connectivity index (χ3n) is 2.67. The zero-order valence-electron chi connectivity index (χ0n) is 10.4. The molecule has 2 rings (SSSR count). The van der Waals surface area contributed by atoms with Gasteiger partial charge in [0, 0.05) is 22.9 Å². The molecule has 18 heavy (non-hydrogen) atoms. The Kier molecular flexibility index (Phi) is 4.45. The first-order valence-corrected chi connectivity index (χ1v) is 7.85. The lowest BCUT2D eigenvalue weighted by Gasteiger charge is -2.28. The molecule has 2 aliphatic rings. The van der Waals surface area contributed by atoms with Crippen LogP contribution in [0.5, 0.6) is 0 Å². The maximum absolute atomic E-state index is 11.8. The summed E-state index contributed by atoms with van der Waals surface area (Å²) in [5, 5.41) is 2.81. The minimum atomic E-state index is -0.273. The normalized spacial score (nSPS) is 24.2. The Morgan fingerprint density at radius 2 is 2.39 bits per heavy atom. The Hall–Kier alpha value is -0.820. The van der Waals surface area contributed by atoms with Crippen LogP contribution in [0.4, 0.5) is 4.79 Å². The zero-order valence-corrected chi connectivity index (χ0v) is 12.0. The maximum atomic E-state index is 11.8. The standard InChI is InChI=1S/C11H16N2O3S2/c1-3-16-11(15)13-4-5-17-10(13)9-7(2)12-8(14)6-18-9/h10H,3-6H2,1-2H3,(H,12,14). The molecule has 0 aromatic rings. The Labute approximate surface area is 115 Å². The molecule has 0 bridgehead atoms. The number of carbonyl (C=O) groups excluding carboxylic acids is 2. The second-order valence-electron chi connectivity index (χ2n) is 3.94. The van der Waals surface area contributed by atoms with Crippen LogP contribution in [0, 0.1) is 0 Å². The van der Waals surface area contributed by atoms with Crippen molar-refractivity contribution < 1.29 is 14.3 Å². The second-order valence-corrected chi connectivity index (χ2v) is 6.15. The van der Waals surface area contributed by atoms with Crippen LogP contribution in [0.15, 0.2) is 10.6 Å². The van der Waals surface area contributed by atoms with Gasteiger partial charge in [0.15, 0.2) is 0 Å². The monoisotopic (exact) mass is 288 g/mol. The lowest BCUT2D eigenvalue weighted by Crippen LogP contribution is -2.39. The summed E-state index contributed by atoms with van der Waals surface area (Å²) in [7, 11) is 0. The highest BCUT2D eigenvalue weighted by atomic mass is 32.2. The first-order valence-electron chi connectivity index (χ1n) is 5.82. The molecule has 0 aromatic heterocycles. The van der Waals surface area contributed by atoms with Gasteiger partial charge in [0.1, 0.15) is 5.37 Å². The number of nitrogens with one attached hydrogen (secondary N) is 1. The maximum Gasteiger partial charge on any atom is 0.410 e. The molecule has 1 atom stereocenters. The molecular weight excluding hydrogens is 272 g/mol. The van der Waals surface area contributed by atoms with Crippen molar-refractivity contribution >= 4 is 35.5 Å². The first kappa shape index (κ1) is 13.6. The molecule has 2 aliphatic heterocycles. The van der Waals surface area contributed by atoms with Crippen molar-refractivity contribution in [2.75, 3.05) is 24.7 Å². The minimum absolute atomic E-state index is 0.0188. The fourth-order valence-corrected chi connectivity index (χ4v) is 4.42. The van der Waals surface area contributed by atoms with Crippen LogP contribution in [0.25, 0.3) is 0 Å². The van der Waals surface area contributed by atoms with E-state index in [1.54, 1.807) is 23.6 Å². The highest BCUT2D eigenvalue weighted by Gasteiger charge is 2.35. The van der Waals surface area contributed by atoms with Crippen molar-refractivity contribution in [2.24, 2.45) is 0 Å². The van der Waals surface area contributed by atoms with Gasteiger partial charge >= 0.3 is 6.09 Å². The van der Waals surface area contributed by atoms with Crippen molar-refractivity contribution in [2.45, 2.75) is 19.2 Å². The van der Waals surface area contributed by atoms with Crippen LogP contribution in [-0.2, 0) is 9.53 Å². The van der Waals surface area contributed by atoms with E-state index < -0.39 is 0 Å². The topological polar surface area (TPSA) is 58.6 Å². The van der Waals surface area contributed by atoms with Gasteiger partial charge in [-0.25, -0.2) is 4.79 Å². The summed E-state index contributed by atoms with van der Waals surface area (Å²) >= 11 is 3.22. The molecule has 0 aromatic carbocycles. The van der Waals surface area contributed by atoms with E-state index in [0.717, 1.165) is 16.4 Å². The van der Waals surface area contributed by atoms with Crippen molar-refractivity contribution in [3.05, 3.63) is 10.6 Å². The zero-order chi connectivity index (χ0) is 13.1. The van der Waals surface area contributed by atoms with Gasteiger partial charge in [-0.1, -0.05) is 0 Å². The summed E-state index contributed by atoms with van der Waals surface area (Å²) in [6.45, 7) is 4.76. The third-order valence-corrected chi connectivity index (χ3v) is 5.29. The molecule has 1 unspecified atom stereocenters. The molecule has 1 N–H and O–H groups in total. The molecule has 1 fully saturated rings. The van der Waals surface area contributed by atoms with E-state index in [4.69, 9.17) is 4.74 Å². The molecule has 0 spiro atoms. The predicted octanol–water partition coefficient (Wildman–Crippen LogP) is 1.61. The lowest BCUT2D eigenvalue weighted by molar-refractivity contribution is -0.117. The number of thioether (sulfide) groups is 2. The van der Waals surface area contributed by atoms with E-state index in [1.165, 1.54) is 11.8 Å².